The molecule has 0 saturated heterocycles. The first-order valence-electron chi connectivity index (χ1n) is 7.89. The van der Waals surface area contributed by atoms with Gasteiger partial charge in [0.2, 0.25) is 0 Å². The van der Waals surface area contributed by atoms with Crippen LogP contribution in [0, 0.1) is 0 Å². The van der Waals surface area contributed by atoms with E-state index in [2.05, 4.69) is 4.74 Å². The van der Waals surface area contributed by atoms with Crippen LogP contribution in [0.3, 0.4) is 0 Å². The second-order valence-electron chi connectivity index (χ2n) is 5.30. The number of ether oxygens (including phenoxy) is 2. The molecule has 2 aromatic carbocycles. The van der Waals surface area contributed by atoms with E-state index in [0.717, 1.165) is 5.56 Å². The topological polar surface area (TPSA) is 75.7 Å². The molecular weight excluding hydrogens is 327 g/mol. The maximum atomic E-state index is 12.3. The summed E-state index contributed by atoms with van der Waals surface area (Å²) in [6.07, 6.45) is 0. The van der Waals surface area contributed by atoms with Crippen LogP contribution in [0.2, 0.25) is 0 Å². The van der Waals surface area contributed by atoms with Gasteiger partial charge in [-0.1, -0.05) is 48.2 Å². The smallest absolute Gasteiger partial charge is 0.872 e. The number of esters is 1. The van der Waals surface area contributed by atoms with Crippen molar-refractivity contribution in [1.29, 1.82) is 0 Å². The second kappa shape index (κ2) is 10.5. The fourth-order valence-electron chi connectivity index (χ4n) is 2.11. The van der Waals surface area contributed by atoms with Gasteiger partial charge in [-0.15, -0.1) is 0 Å². The Hall–Kier alpha value is -2.48. The summed E-state index contributed by atoms with van der Waals surface area (Å²) < 4.78 is 10.3. The van der Waals surface area contributed by atoms with Crippen LogP contribution in [-0.2, 0) is 20.9 Å². The quantitative estimate of drug-likeness (QED) is 0.222. The molecular formula is C20H19LiO5. The molecule has 0 fully saturated rings. The van der Waals surface area contributed by atoms with Crippen molar-refractivity contribution in [2.45, 2.75) is 20.5 Å². The molecule has 0 atom stereocenters. The van der Waals surface area contributed by atoms with E-state index in [9.17, 15) is 14.7 Å². The van der Waals surface area contributed by atoms with Gasteiger partial charge >= 0.3 is 24.8 Å². The van der Waals surface area contributed by atoms with Gasteiger partial charge in [0.15, 0.2) is 0 Å². The first-order chi connectivity index (χ1) is 12.0. The van der Waals surface area contributed by atoms with Crippen LogP contribution in [0.15, 0.2) is 60.2 Å². The fraction of sp³-hybridized carbons (Fsp3) is 0.200. The van der Waals surface area contributed by atoms with Crippen molar-refractivity contribution in [3.05, 3.63) is 71.3 Å². The Kier molecular flexibility index (Phi) is 8.70. The van der Waals surface area contributed by atoms with Gasteiger partial charge in [-0.2, -0.15) is 0 Å². The molecule has 0 N–H and O–H groups in total. The van der Waals surface area contributed by atoms with E-state index >= 15 is 0 Å². The summed E-state index contributed by atoms with van der Waals surface area (Å²) in [6, 6.07) is 16.1. The summed E-state index contributed by atoms with van der Waals surface area (Å²) in [6.45, 7) is 3.41. The van der Waals surface area contributed by atoms with Crippen LogP contribution >= 0.6 is 0 Å². The molecule has 0 amide bonds. The third-order valence-corrected chi connectivity index (χ3v) is 3.51. The Morgan fingerprint density at radius 1 is 1.00 bits per heavy atom. The molecule has 0 aliphatic heterocycles. The van der Waals surface area contributed by atoms with Crippen molar-refractivity contribution in [3.8, 4) is 5.75 Å². The van der Waals surface area contributed by atoms with Crippen LogP contribution in [-0.4, -0.2) is 18.4 Å². The van der Waals surface area contributed by atoms with E-state index in [1.54, 1.807) is 31.2 Å². The van der Waals surface area contributed by atoms with Crippen LogP contribution in [0.1, 0.15) is 25.0 Å². The Bertz CT molecular complexity index is 767. The number of carbonyl (C=O) groups is 2. The van der Waals surface area contributed by atoms with Crippen molar-refractivity contribution in [2.24, 2.45) is 0 Å². The summed E-state index contributed by atoms with van der Waals surface area (Å²) in [4.78, 5) is 23.2. The largest absolute Gasteiger partial charge is 1.00 e. The van der Waals surface area contributed by atoms with E-state index in [-0.39, 0.29) is 31.0 Å². The monoisotopic (exact) mass is 346 g/mol. The van der Waals surface area contributed by atoms with Crippen LogP contribution in [0.4, 0.5) is 0 Å². The predicted molar refractivity (Wildman–Crippen MR) is 91.5 cm³/mol. The fourth-order valence-corrected chi connectivity index (χ4v) is 2.11. The van der Waals surface area contributed by atoms with Gasteiger partial charge in [0, 0.05) is 0 Å². The molecule has 2 rings (SSSR count). The van der Waals surface area contributed by atoms with E-state index in [1.165, 1.54) is 6.92 Å². The molecule has 0 aromatic heterocycles. The molecule has 0 aliphatic rings. The average molecular weight is 346 g/mol. The van der Waals surface area contributed by atoms with Crippen LogP contribution in [0.5, 0.6) is 5.75 Å². The first-order valence-corrected chi connectivity index (χ1v) is 7.89. The molecule has 130 valence electrons. The van der Waals surface area contributed by atoms with Gasteiger partial charge in [0.25, 0.3) is 5.78 Å². The molecule has 0 radical (unpaired) electrons. The zero-order valence-corrected chi connectivity index (χ0v) is 15.2. The number of hydrogen-bond acceptors (Lipinski definition) is 5. The molecule has 0 bridgehead atoms. The molecule has 5 nitrogen and oxygen atoms in total. The van der Waals surface area contributed by atoms with Gasteiger partial charge < -0.3 is 14.6 Å². The van der Waals surface area contributed by atoms with Crippen molar-refractivity contribution < 1.29 is 43.0 Å². The van der Waals surface area contributed by atoms with Gasteiger partial charge in [-0.25, -0.2) is 4.79 Å². The van der Waals surface area contributed by atoms with E-state index in [0.29, 0.717) is 17.9 Å². The van der Waals surface area contributed by atoms with Crippen LogP contribution in [0.25, 0.3) is 5.76 Å². The molecule has 0 saturated carbocycles. The molecule has 6 heteroatoms. The summed E-state index contributed by atoms with van der Waals surface area (Å²) >= 11 is 0. The molecule has 0 spiro atoms. The Morgan fingerprint density at radius 3 is 2.19 bits per heavy atom. The third kappa shape index (κ3) is 5.80. The van der Waals surface area contributed by atoms with Crippen LogP contribution < -0.4 is 28.7 Å². The van der Waals surface area contributed by atoms with Crippen molar-refractivity contribution in [3.63, 3.8) is 0 Å². The molecule has 0 aliphatic carbocycles. The molecule has 2 aromatic rings. The van der Waals surface area contributed by atoms with Gasteiger partial charge in [0.05, 0.1) is 6.61 Å². The first kappa shape index (κ1) is 21.6. The molecule has 0 heterocycles. The number of ketones is 1. The summed E-state index contributed by atoms with van der Waals surface area (Å²) in [5.74, 6) is -1.84. The maximum Gasteiger partial charge on any atom is 1.00 e. The molecule has 26 heavy (non-hydrogen) atoms. The minimum atomic E-state index is -1.02. The Labute approximate surface area is 164 Å². The number of carbonyl (C=O) groups excluding carboxylic acids is 2. The number of Topliss-reactive ketones (excluding diaryl/α,β-unsaturated/α-hetero) is 1. The Morgan fingerprint density at radius 2 is 1.62 bits per heavy atom. The van der Waals surface area contributed by atoms with E-state index in [1.807, 2.05) is 30.3 Å². The van der Waals surface area contributed by atoms with Crippen molar-refractivity contribution in [1.82, 2.24) is 0 Å². The van der Waals surface area contributed by atoms with Crippen molar-refractivity contribution >= 4 is 17.5 Å². The Balaban J connectivity index is 0.00000338. The summed E-state index contributed by atoms with van der Waals surface area (Å²) in [5, 5.41) is 12.3. The van der Waals surface area contributed by atoms with Gasteiger partial charge in [-0.05, 0) is 42.7 Å². The second-order valence-corrected chi connectivity index (χ2v) is 5.30. The minimum Gasteiger partial charge on any atom is -0.872 e. The van der Waals surface area contributed by atoms with Gasteiger partial charge in [-0.3, -0.25) is 4.79 Å². The predicted octanol–water partition coefficient (Wildman–Crippen LogP) is -0.507. The third-order valence-electron chi connectivity index (χ3n) is 3.51. The SMILES string of the molecule is CCOC(=O)C(=O)C(C)=C([O-])c1ccc(OCc2ccccc2)cc1.[Li+]. The summed E-state index contributed by atoms with van der Waals surface area (Å²) in [7, 11) is 0. The number of rotatable bonds is 7. The molecule has 0 unspecified atom stereocenters. The maximum absolute atomic E-state index is 12.3. The number of hydrogen-bond donors (Lipinski definition) is 0. The van der Waals surface area contributed by atoms with E-state index in [4.69, 9.17) is 4.74 Å². The average Bonchev–Trinajstić information content (AvgIpc) is 2.66. The zero-order valence-electron chi connectivity index (χ0n) is 15.2. The standard InChI is InChI=1S/C20H20O5.Li/c1-3-24-20(23)19(22)14(2)18(21)16-9-11-17(12-10-16)25-13-15-7-5-4-6-8-15;/h4-12,21H,3,13H2,1-2H3;/q;+1/p-1. The summed E-state index contributed by atoms with van der Waals surface area (Å²) in [5.41, 5.74) is 1.17. The van der Waals surface area contributed by atoms with Crippen molar-refractivity contribution in [2.75, 3.05) is 6.61 Å². The minimum absolute atomic E-state index is 0. The van der Waals surface area contributed by atoms with E-state index < -0.39 is 17.5 Å². The number of benzene rings is 2. The normalized spacial score (nSPS) is 11.0. The van der Waals surface area contributed by atoms with Gasteiger partial charge in [0.1, 0.15) is 12.4 Å². The zero-order chi connectivity index (χ0) is 18.2.